The van der Waals surface area contributed by atoms with E-state index in [-0.39, 0.29) is 16.7 Å². The Hall–Kier alpha value is -2.16. The lowest BCUT2D eigenvalue weighted by atomic mass is 10.3. The summed E-state index contributed by atoms with van der Waals surface area (Å²) < 4.78 is 38.1. The molecule has 0 bridgehead atoms. The monoisotopic (exact) mass is 306 g/mol. The molecule has 2 aromatic heterocycles. The fraction of sp³-hybridized carbons (Fsp3) is 0.200. The highest BCUT2D eigenvalue weighted by atomic mass is 35.5. The first-order chi connectivity index (χ1) is 9.21. The van der Waals surface area contributed by atoms with Gasteiger partial charge in [0, 0.05) is 6.20 Å². The van der Waals surface area contributed by atoms with Crippen molar-refractivity contribution < 1.29 is 18.1 Å². The molecule has 0 spiro atoms. The lowest BCUT2D eigenvalue weighted by Gasteiger charge is -2.06. The number of rotatable bonds is 2. The van der Waals surface area contributed by atoms with E-state index in [2.05, 4.69) is 10.1 Å². The Kier molecular flexibility index (Phi) is 3.38. The van der Waals surface area contributed by atoms with Crippen molar-refractivity contribution in [3.05, 3.63) is 44.9 Å². The Bertz CT molecular complexity index is 666. The van der Waals surface area contributed by atoms with Gasteiger partial charge < -0.3 is 0 Å². The van der Waals surface area contributed by atoms with Crippen LogP contribution in [0, 0.1) is 17.0 Å². The predicted molar refractivity (Wildman–Crippen MR) is 62.8 cm³/mol. The number of nitro groups is 1. The van der Waals surface area contributed by atoms with Gasteiger partial charge in [0.25, 0.3) is 0 Å². The Morgan fingerprint density at radius 2 is 2.05 bits per heavy atom. The summed E-state index contributed by atoms with van der Waals surface area (Å²) in [7, 11) is 0. The maximum atomic E-state index is 12.4. The molecule has 0 aromatic carbocycles. The molecule has 2 heterocycles. The summed E-state index contributed by atoms with van der Waals surface area (Å²) in [4.78, 5) is 13.6. The van der Waals surface area contributed by atoms with Crippen LogP contribution in [-0.4, -0.2) is 19.7 Å². The molecule has 0 aliphatic carbocycles. The van der Waals surface area contributed by atoms with E-state index in [0.29, 0.717) is 6.20 Å². The molecule has 6 nitrogen and oxygen atoms in total. The van der Waals surface area contributed by atoms with E-state index in [0.717, 1.165) is 16.8 Å². The highest BCUT2D eigenvalue weighted by Gasteiger charge is 2.31. The van der Waals surface area contributed by atoms with Gasteiger partial charge in [-0.3, -0.25) is 10.1 Å². The molecule has 0 amide bonds. The number of pyridine rings is 1. The van der Waals surface area contributed by atoms with E-state index < -0.39 is 22.4 Å². The summed E-state index contributed by atoms with van der Waals surface area (Å²) >= 11 is 5.79. The van der Waals surface area contributed by atoms with Gasteiger partial charge in [-0.25, -0.2) is 4.98 Å². The third kappa shape index (κ3) is 2.44. The van der Waals surface area contributed by atoms with Gasteiger partial charge in [0.1, 0.15) is 5.69 Å². The van der Waals surface area contributed by atoms with Gasteiger partial charge in [0.05, 0.1) is 10.5 Å². The number of nitrogens with zero attached hydrogens (tertiary/aromatic N) is 4. The minimum atomic E-state index is -4.51. The maximum Gasteiger partial charge on any atom is 0.417 e. The lowest BCUT2D eigenvalue weighted by Crippen LogP contribution is -2.07. The van der Waals surface area contributed by atoms with E-state index in [4.69, 9.17) is 11.6 Å². The Morgan fingerprint density at radius 3 is 2.45 bits per heavy atom. The fourth-order valence-electron chi connectivity index (χ4n) is 1.53. The second kappa shape index (κ2) is 4.75. The van der Waals surface area contributed by atoms with Crippen molar-refractivity contribution in [2.24, 2.45) is 0 Å². The van der Waals surface area contributed by atoms with Crippen molar-refractivity contribution in [3.8, 4) is 5.82 Å². The molecule has 0 radical (unpaired) electrons. The minimum absolute atomic E-state index is 0.0424. The third-order valence-electron chi connectivity index (χ3n) is 2.45. The van der Waals surface area contributed by atoms with Crippen LogP contribution >= 0.6 is 11.6 Å². The molecule has 0 aliphatic heterocycles. The van der Waals surface area contributed by atoms with Crippen LogP contribution in [0.5, 0.6) is 0 Å². The molecule has 0 N–H and O–H groups in total. The SMILES string of the molecule is Cc1nn(-c2ccc(C(F)(F)F)cn2)c(Cl)c1[N+](=O)[O-]. The smallest absolute Gasteiger partial charge is 0.258 e. The van der Waals surface area contributed by atoms with Crippen molar-refractivity contribution in [3.63, 3.8) is 0 Å². The summed E-state index contributed by atoms with van der Waals surface area (Å²) in [6.07, 6.45) is -3.91. The Morgan fingerprint density at radius 1 is 1.40 bits per heavy atom. The van der Waals surface area contributed by atoms with E-state index in [9.17, 15) is 23.3 Å². The first-order valence-electron chi connectivity index (χ1n) is 5.15. The van der Waals surface area contributed by atoms with Crippen molar-refractivity contribution in [1.82, 2.24) is 14.8 Å². The number of hydrogen-bond donors (Lipinski definition) is 0. The molecule has 0 saturated carbocycles. The molecule has 0 fully saturated rings. The largest absolute Gasteiger partial charge is 0.417 e. The van der Waals surface area contributed by atoms with Gasteiger partial charge in [-0.2, -0.15) is 23.0 Å². The normalized spacial score (nSPS) is 11.7. The van der Waals surface area contributed by atoms with Crippen LogP contribution in [0.4, 0.5) is 18.9 Å². The van der Waals surface area contributed by atoms with Crippen LogP contribution in [0.25, 0.3) is 5.82 Å². The van der Waals surface area contributed by atoms with Gasteiger partial charge in [0.2, 0.25) is 5.15 Å². The van der Waals surface area contributed by atoms with Gasteiger partial charge in [-0.1, -0.05) is 11.6 Å². The quantitative estimate of drug-likeness (QED) is 0.631. The molecule has 0 unspecified atom stereocenters. The van der Waals surface area contributed by atoms with Crippen LogP contribution in [0.15, 0.2) is 18.3 Å². The van der Waals surface area contributed by atoms with Crippen LogP contribution in [0.3, 0.4) is 0 Å². The van der Waals surface area contributed by atoms with Crippen molar-refractivity contribution >= 4 is 17.3 Å². The van der Waals surface area contributed by atoms with Crippen LogP contribution in [-0.2, 0) is 6.18 Å². The zero-order valence-corrected chi connectivity index (χ0v) is 10.6. The number of aromatic nitrogens is 3. The average molecular weight is 307 g/mol. The van der Waals surface area contributed by atoms with Crippen molar-refractivity contribution in [1.29, 1.82) is 0 Å². The molecular weight excluding hydrogens is 301 g/mol. The molecule has 0 saturated heterocycles. The molecule has 2 rings (SSSR count). The van der Waals surface area contributed by atoms with E-state index >= 15 is 0 Å². The number of aryl methyl sites for hydroxylation is 1. The van der Waals surface area contributed by atoms with Crippen molar-refractivity contribution in [2.45, 2.75) is 13.1 Å². The Balaban J connectivity index is 2.48. The standard InChI is InChI=1S/C10H6ClF3N4O2/c1-5-8(18(19)20)9(11)17(16-5)7-3-2-6(4-15-7)10(12,13)14/h2-4H,1H3. The summed E-state index contributed by atoms with van der Waals surface area (Å²) in [5.74, 6) is -0.0424. The maximum absolute atomic E-state index is 12.4. The Labute approximate surface area is 114 Å². The van der Waals surface area contributed by atoms with E-state index in [1.165, 1.54) is 6.92 Å². The summed E-state index contributed by atoms with van der Waals surface area (Å²) in [5, 5.41) is 14.2. The van der Waals surface area contributed by atoms with Gasteiger partial charge in [-0.15, -0.1) is 0 Å². The van der Waals surface area contributed by atoms with Crippen LogP contribution < -0.4 is 0 Å². The van der Waals surface area contributed by atoms with Gasteiger partial charge >= 0.3 is 11.9 Å². The zero-order valence-electron chi connectivity index (χ0n) is 9.85. The molecule has 20 heavy (non-hydrogen) atoms. The van der Waals surface area contributed by atoms with Crippen LogP contribution in [0.2, 0.25) is 5.15 Å². The van der Waals surface area contributed by atoms with Crippen molar-refractivity contribution in [2.75, 3.05) is 0 Å². The molecule has 0 aliphatic rings. The van der Waals surface area contributed by atoms with E-state index in [1.54, 1.807) is 0 Å². The number of hydrogen-bond acceptors (Lipinski definition) is 4. The fourth-order valence-corrected chi connectivity index (χ4v) is 1.86. The third-order valence-corrected chi connectivity index (χ3v) is 2.79. The first kappa shape index (κ1) is 14.3. The molecule has 10 heteroatoms. The lowest BCUT2D eigenvalue weighted by molar-refractivity contribution is -0.385. The molecule has 0 atom stereocenters. The van der Waals surface area contributed by atoms with Crippen LogP contribution in [0.1, 0.15) is 11.3 Å². The first-order valence-corrected chi connectivity index (χ1v) is 5.52. The molecule has 2 aromatic rings. The second-order valence-corrected chi connectivity index (χ2v) is 4.15. The highest BCUT2D eigenvalue weighted by molar-refractivity contribution is 6.32. The summed E-state index contributed by atoms with van der Waals surface area (Å²) in [6, 6.07) is 1.83. The van der Waals surface area contributed by atoms with Gasteiger partial charge in [-0.05, 0) is 19.1 Å². The summed E-state index contributed by atoms with van der Waals surface area (Å²) in [6.45, 7) is 1.37. The molecular formula is C10H6ClF3N4O2. The highest BCUT2D eigenvalue weighted by Crippen LogP contribution is 2.31. The number of halogens is 4. The second-order valence-electron chi connectivity index (χ2n) is 3.80. The van der Waals surface area contributed by atoms with E-state index in [1.807, 2.05) is 0 Å². The van der Waals surface area contributed by atoms with Gasteiger partial charge in [0.15, 0.2) is 5.82 Å². The number of alkyl halides is 3. The predicted octanol–water partition coefficient (Wildman–Crippen LogP) is 3.16. The average Bonchev–Trinajstić information content (AvgIpc) is 2.64. The molecule has 106 valence electrons. The minimum Gasteiger partial charge on any atom is -0.258 e. The summed E-state index contributed by atoms with van der Waals surface area (Å²) in [5.41, 5.74) is -1.30. The topological polar surface area (TPSA) is 73.8 Å². The zero-order chi connectivity index (χ0) is 15.1.